The zero-order valence-electron chi connectivity index (χ0n) is 10.1. The molecule has 0 aliphatic rings. The predicted molar refractivity (Wildman–Crippen MR) is 74.7 cm³/mol. The maximum absolute atomic E-state index is 8.88. The van der Waals surface area contributed by atoms with Crippen LogP contribution < -0.4 is 5.32 Å². The first-order chi connectivity index (χ1) is 8.69. The molecule has 0 spiro atoms. The molecule has 0 amide bonds. The molecule has 0 saturated heterocycles. The van der Waals surface area contributed by atoms with Crippen molar-refractivity contribution in [2.24, 2.45) is 0 Å². The Morgan fingerprint density at radius 1 is 1.22 bits per heavy atom. The van der Waals surface area contributed by atoms with Gasteiger partial charge >= 0.3 is 0 Å². The van der Waals surface area contributed by atoms with Gasteiger partial charge < -0.3 is 5.32 Å². The summed E-state index contributed by atoms with van der Waals surface area (Å²) in [7, 11) is 0. The molecule has 3 heteroatoms. The summed E-state index contributed by atoms with van der Waals surface area (Å²) in [5, 5.41) is 12.9. The van der Waals surface area contributed by atoms with Crippen molar-refractivity contribution < 1.29 is 0 Å². The van der Waals surface area contributed by atoms with E-state index in [2.05, 4.69) is 11.4 Å². The van der Waals surface area contributed by atoms with E-state index in [1.807, 2.05) is 49.4 Å². The van der Waals surface area contributed by atoms with Crippen LogP contribution in [-0.2, 0) is 6.54 Å². The average Bonchev–Trinajstić information content (AvgIpc) is 2.38. The van der Waals surface area contributed by atoms with E-state index in [1.54, 1.807) is 0 Å². The molecule has 0 aliphatic heterocycles. The van der Waals surface area contributed by atoms with Gasteiger partial charge in [-0.05, 0) is 42.3 Å². The summed E-state index contributed by atoms with van der Waals surface area (Å²) in [5.74, 6) is 0. The largest absolute Gasteiger partial charge is 0.381 e. The third-order valence-corrected chi connectivity index (χ3v) is 2.97. The maximum atomic E-state index is 8.88. The summed E-state index contributed by atoms with van der Waals surface area (Å²) in [4.78, 5) is 0. The van der Waals surface area contributed by atoms with E-state index in [0.717, 1.165) is 21.8 Å². The standard InChI is InChI=1S/C15H13ClN2/c1-11-5-6-12(9-17)8-15(11)18-10-13-3-2-4-14(16)7-13/h2-8,18H,10H2,1H3. The van der Waals surface area contributed by atoms with Crippen molar-refractivity contribution in [2.75, 3.05) is 5.32 Å². The normalized spacial score (nSPS) is 9.83. The fraction of sp³-hybridized carbons (Fsp3) is 0.133. The van der Waals surface area contributed by atoms with Gasteiger partial charge in [0.2, 0.25) is 0 Å². The molecule has 0 aliphatic carbocycles. The van der Waals surface area contributed by atoms with Gasteiger partial charge in [-0.2, -0.15) is 5.26 Å². The lowest BCUT2D eigenvalue weighted by molar-refractivity contribution is 1.14. The molecule has 2 aromatic carbocycles. The lowest BCUT2D eigenvalue weighted by atomic mass is 10.1. The minimum Gasteiger partial charge on any atom is -0.381 e. The van der Waals surface area contributed by atoms with E-state index >= 15 is 0 Å². The van der Waals surface area contributed by atoms with Crippen LogP contribution in [0.5, 0.6) is 0 Å². The van der Waals surface area contributed by atoms with Gasteiger partial charge in [-0.3, -0.25) is 0 Å². The van der Waals surface area contributed by atoms with Gasteiger partial charge in [0.05, 0.1) is 11.6 Å². The van der Waals surface area contributed by atoms with Gasteiger partial charge in [-0.15, -0.1) is 0 Å². The van der Waals surface area contributed by atoms with Gasteiger partial charge in [-0.1, -0.05) is 29.8 Å². The zero-order chi connectivity index (χ0) is 13.0. The molecule has 0 unspecified atom stereocenters. The molecule has 0 radical (unpaired) electrons. The van der Waals surface area contributed by atoms with Crippen LogP contribution in [0.15, 0.2) is 42.5 Å². The Kier molecular flexibility index (Phi) is 3.86. The average molecular weight is 257 g/mol. The lowest BCUT2D eigenvalue weighted by Gasteiger charge is -2.10. The zero-order valence-corrected chi connectivity index (χ0v) is 10.8. The lowest BCUT2D eigenvalue weighted by Crippen LogP contribution is -2.01. The monoisotopic (exact) mass is 256 g/mol. The van der Waals surface area contributed by atoms with Crippen LogP contribution in [0.3, 0.4) is 0 Å². The first kappa shape index (κ1) is 12.5. The van der Waals surface area contributed by atoms with Crippen molar-refractivity contribution in [1.29, 1.82) is 5.26 Å². The highest BCUT2D eigenvalue weighted by Gasteiger charge is 2.00. The molecule has 1 N–H and O–H groups in total. The molecule has 0 bridgehead atoms. The Hall–Kier alpha value is -1.98. The minimum absolute atomic E-state index is 0.661. The summed E-state index contributed by atoms with van der Waals surface area (Å²) < 4.78 is 0. The Balaban J connectivity index is 2.13. The molecule has 2 nitrogen and oxygen atoms in total. The van der Waals surface area contributed by atoms with Gasteiger partial charge in [0, 0.05) is 17.3 Å². The highest BCUT2D eigenvalue weighted by Crippen LogP contribution is 2.18. The van der Waals surface area contributed by atoms with Gasteiger partial charge in [0.15, 0.2) is 0 Å². The van der Waals surface area contributed by atoms with E-state index in [9.17, 15) is 0 Å². The third-order valence-electron chi connectivity index (χ3n) is 2.74. The number of nitrogens with one attached hydrogen (secondary N) is 1. The number of anilines is 1. The molecule has 0 atom stereocenters. The Morgan fingerprint density at radius 3 is 2.78 bits per heavy atom. The van der Waals surface area contributed by atoms with Crippen molar-refractivity contribution in [3.63, 3.8) is 0 Å². The number of aryl methyl sites for hydroxylation is 1. The number of benzene rings is 2. The number of halogens is 1. The predicted octanol–water partition coefficient (Wildman–Crippen LogP) is 4.13. The first-order valence-electron chi connectivity index (χ1n) is 5.68. The summed E-state index contributed by atoms with van der Waals surface area (Å²) in [6, 6.07) is 15.5. The summed E-state index contributed by atoms with van der Waals surface area (Å²) >= 11 is 5.93. The summed E-state index contributed by atoms with van der Waals surface area (Å²) in [6.07, 6.45) is 0. The van der Waals surface area contributed by atoms with Gasteiger partial charge in [0.25, 0.3) is 0 Å². The van der Waals surface area contributed by atoms with Crippen molar-refractivity contribution in [2.45, 2.75) is 13.5 Å². The smallest absolute Gasteiger partial charge is 0.0992 e. The molecule has 90 valence electrons. The van der Waals surface area contributed by atoms with Crippen LogP contribution in [-0.4, -0.2) is 0 Å². The van der Waals surface area contributed by atoms with Crippen LogP contribution in [0.1, 0.15) is 16.7 Å². The van der Waals surface area contributed by atoms with E-state index in [-0.39, 0.29) is 0 Å². The Bertz CT molecular complexity index is 600. The van der Waals surface area contributed by atoms with Crippen LogP contribution >= 0.6 is 11.6 Å². The van der Waals surface area contributed by atoms with Crippen molar-refractivity contribution in [3.8, 4) is 6.07 Å². The van der Waals surface area contributed by atoms with Gasteiger partial charge in [0.1, 0.15) is 0 Å². The van der Waals surface area contributed by atoms with Crippen molar-refractivity contribution >= 4 is 17.3 Å². The number of hydrogen-bond acceptors (Lipinski definition) is 2. The number of nitriles is 1. The number of nitrogens with zero attached hydrogens (tertiary/aromatic N) is 1. The van der Waals surface area contributed by atoms with E-state index < -0.39 is 0 Å². The Morgan fingerprint density at radius 2 is 2.06 bits per heavy atom. The molecule has 0 saturated carbocycles. The summed E-state index contributed by atoms with van der Waals surface area (Å²) in [5.41, 5.74) is 3.88. The number of hydrogen-bond donors (Lipinski definition) is 1. The minimum atomic E-state index is 0.661. The molecule has 0 fully saturated rings. The molecular formula is C15H13ClN2. The van der Waals surface area contributed by atoms with E-state index in [4.69, 9.17) is 16.9 Å². The quantitative estimate of drug-likeness (QED) is 0.896. The molecule has 18 heavy (non-hydrogen) atoms. The topological polar surface area (TPSA) is 35.8 Å². The molecule has 2 aromatic rings. The maximum Gasteiger partial charge on any atom is 0.0992 e. The van der Waals surface area contributed by atoms with Crippen molar-refractivity contribution in [3.05, 3.63) is 64.2 Å². The summed E-state index contributed by atoms with van der Waals surface area (Å²) in [6.45, 7) is 2.71. The number of rotatable bonds is 3. The molecule has 0 aromatic heterocycles. The van der Waals surface area contributed by atoms with Gasteiger partial charge in [-0.25, -0.2) is 0 Å². The molecular weight excluding hydrogens is 244 g/mol. The van der Waals surface area contributed by atoms with Crippen LogP contribution in [0.25, 0.3) is 0 Å². The SMILES string of the molecule is Cc1ccc(C#N)cc1NCc1cccc(Cl)c1. The Labute approximate surface area is 112 Å². The third kappa shape index (κ3) is 3.03. The first-order valence-corrected chi connectivity index (χ1v) is 6.06. The van der Waals surface area contributed by atoms with Crippen molar-refractivity contribution in [1.82, 2.24) is 0 Å². The van der Waals surface area contributed by atoms with Crippen LogP contribution in [0.2, 0.25) is 5.02 Å². The highest BCUT2D eigenvalue weighted by atomic mass is 35.5. The second kappa shape index (κ2) is 5.57. The highest BCUT2D eigenvalue weighted by molar-refractivity contribution is 6.30. The second-order valence-electron chi connectivity index (χ2n) is 4.12. The van der Waals surface area contributed by atoms with E-state index in [1.165, 1.54) is 0 Å². The van der Waals surface area contributed by atoms with Crippen LogP contribution in [0.4, 0.5) is 5.69 Å². The fourth-order valence-electron chi connectivity index (χ4n) is 1.73. The molecule has 2 rings (SSSR count). The van der Waals surface area contributed by atoms with E-state index in [0.29, 0.717) is 12.1 Å². The fourth-order valence-corrected chi connectivity index (χ4v) is 1.94. The second-order valence-corrected chi connectivity index (χ2v) is 4.56. The van der Waals surface area contributed by atoms with Crippen LogP contribution in [0, 0.1) is 18.3 Å². The molecule has 0 heterocycles.